The molecule has 4 rings (SSSR count). The van der Waals surface area contributed by atoms with Gasteiger partial charge in [0.2, 0.25) is 0 Å². The van der Waals surface area contributed by atoms with Gasteiger partial charge >= 0.3 is 0 Å². The van der Waals surface area contributed by atoms with Gasteiger partial charge < -0.3 is 5.32 Å². The number of hydrogen-bond donors (Lipinski definition) is 1. The van der Waals surface area contributed by atoms with E-state index in [9.17, 15) is 18.4 Å². The predicted octanol–water partition coefficient (Wildman–Crippen LogP) is 3.69. The number of pyridine rings is 1. The Kier molecular flexibility index (Phi) is 5.53. The molecule has 0 atom stereocenters. The summed E-state index contributed by atoms with van der Waals surface area (Å²) in [5.74, 6) is -1.81. The summed E-state index contributed by atoms with van der Waals surface area (Å²) in [5, 5.41) is 2.62. The third-order valence-electron chi connectivity index (χ3n) is 4.81. The van der Waals surface area contributed by atoms with Crippen molar-refractivity contribution in [3.63, 3.8) is 0 Å². The maximum absolute atomic E-state index is 13.3. The Labute approximate surface area is 176 Å². The third kappa shape index (κ3) is 4.18. The molecule has 0 aliphatic carbocycles. The molecular weight excluding hydrogens is 402 g/mol. The van der Waals surface area contributed by atoms with Gasteiger partial charge in [0.1, 0.15) is 22.8 Å². The average molecular weight is 420 g/mol. The van der Waals surface area contributed by atoms with E-state index in [-0.39, 0.29) is 17.8 Å². The number of amides is 1. The Morgan fingerprint density at radius 3 is 2.45 bits per heavy atom. The molecule has 2 aromatic carbocycles. The van der Waals surface area contributed by atoms with Crippen molar-refractivity contribution in [2.45, 2.75) is 20.0 Å². The van der Waals surface area contributed by atoms with Gasteiger partial charge in [0.15, 0.2) is 5.65 Å². The minimum absolute atomic E-state index is 0.0182. The fourth-order valence-electron chi connectivity index (χ4n) is 3.33. The van der Waals surface area contributed by atoms with E-state index in [1.165, 1.54) is 0 Å². The topological polar surface area (TPSA) is 76.9 Å². The lowest BCUT2D eigenvalue weighted by molar-refractivity contribution is 0.0951. The number of benzene rings is 2. The van der Waals surface area contributed by atoms with E-state index in [1.807, 2.05) is 6.92 Å². The number of nitrogens with zero attached hydrogens (tertiary/aromatic N) is 3. The number of aryl methyl sites for hydroxylation is 1. The number of rotatable bonds is 5. The van der Waals surface area contributed by atoms with Gasteiger partial charge in [0.05, 0.1) is 0 Å². The molecule has 6 nitrogen and oxygen atoms in total. The summed E-state index contributed by atoms with van der Waals surface area (Å²) in [5.41, 5.74) is 2.35. The largest absolute Gasteiger partial charge is 0.348 e. The van der Waals surface area contributed by atoms with Crippen LogP contribution in [0.15, 0.2) is 65.6 Å². The van der Waals surface area contributed by atoms with Crippen molar-refractivity contribution in [3.8, 4) is 11.3 Å². The van der Waals surface area contributed by atoms with Gasteiger partial charge in [-0.3, -0.25) is 14.2 Å². The normalized spacial score (nSPS) is 10.9. The van der Waals surface area contributed by atoms with Crippen LogP contribution in [0.25, 0.3) is 22.4 Å². The number of fused-ring (bicyclic) bond motifs is 1. The summed E-state index contributed by atoms with van der Waals surface area (Å²) in [7, 11) is 0. The van der Waals surface area contributed by atoms with Crippen LogP contribution in [0.5, 0.6) is 0 Å². The van der Waals surface area contributed by atoms with Crippen molar-refractivity contribution in [3.05, 3.63) is 93.9 Å². The molecule has 0 spiro atoms. The first-order chi connectivity index (χ1) is 15.0. The van der Waals surface area contributed by atoms with Crippen LogP contribution in [-0.2, 0) is 13.1 Å². The second-order valence-electron chi connectivity index (χ2n) is 6.89. The van der Waals surface area contributed by atoms with Crippen molar-refractivity contribution in [1.82, 2.24) is 19.9 Å². The smallest absolute Gasteiger partial charge is 0.278 e. The van der Waals surface area contributed by atoms with Crippen molar-refractivity contribution in [2.24, 2.45) is 0 Å². The van der Waals surface area contributed by atoms with Gasteiger partial charge in [-0.15, -0.1) is 0 Å². The highest BCUT2D eigenvalue weighted by Gasteiger charge is 2.14. The summed E-state index contributed by atoms with van der Waals surface area (Å²) in [6.07, 6.45) is 1.61. The minimum atomic E-state index is -0.704. The molecule has 2 aromatic heterocycles. The number of carbonyl (C=O) groups is 1. The number of carbonyl (C=O) groups excluding carboxylic acids is 1. The molecule has 1 amide bonds. The van der Waals surface area contributed by atoms with E-state index < -0.39 is 17.5 Å². The maximum atomic E-state index is 13.3. The van der Waals surface area contributed by atoms with Crippen LogP contribution in [0.1, 0.15) is 22.8 Å². The molecule has 0 unspecified atom stereocenters. The van der Waals surface area contributed by atoms with E-state index in [1.54, 1.807) is 47.2 Å². The van der Waals surface area contributed by atoms with Crippen LogP contribution in [0, 0.1) is 11.6 Å². The summed E-state index contributed by atoms with van der Waals surface area (Å²) in [6, 6.07) is 13.1. The lowest BCUT2D eigenvalue weighted by Crippen LogP contribution is -2.24. The number of hydrogen-bond acceptors (Lipinski definition) is 4. The van der Waals surface area contributed by atoms with E-state index >= 15 is 0 Å². The SMILES string of the molecule is CCn1c(=O)c(-c2ccc(C(=O)NCc3cc(F)cc(F)c3)cc2)nc2cccnc21. The molecule has 0 saturated carbocycles. The molecule has 1 N–H and O–H groups in total. The van der Waals surface area contributed by atoms with Crippen molar-refractivity contribution in [2.75, 3.05) is 0 Å². The van der Waals surface area contributed by atoms with Gasteiger partial charge in [0.25, 0.3) is 11.5 Å². The molecule has 156 valence electrons. The lowest BCUT2D eigenvalue weighted by atomic mass is 10.1. The first-order valence-electron chi connectivity index (χ1n) is 9.65. The number of halogens is 2. The zero-order chi connectivity index (χ0) is 22.0. The average Bonchev–Trinajstić information content (AvgIpc) is 2.76. The van der Waals surface area contributed by atoms with E-state index in [4.69, 9.17) is 0 Å². The zero-order valence-electron chi connectivity index (χ0n) is 16.6. The summed E-state index contributed by atoms with van der Waals surface area (Å²) >= 11 is 0. The molecule has 0 bridgehead atoms. The minimum Gasteiger partial charge on any atom is -0.348 e. The molecular formula is C23H18F2N4O2. The molecule has 2 heterocycles. The second-order valence-corrected chi connectivity index (χ2v) is 6.89. The molecule has 4 aromatic rings. The van der Waals surface area contributed by atoms with Crippen LogP contribution in [-0.4, -0.2) is 20.4 Å². The second kappa shape index (κ2) is 8.43. The Bertz CT molecular complexity index is 1310. The van der Waals surface area contributed by atoms with Crippen molar-refractivity contribution < 1.29 is 13.6 Å². The summed E-state index contributed by atoms with van der Waals surface area (Å²) < 4.78 is 28.1. The molecule has 8 heteroatoms. The Morgan fingerprint density at radius 2 is 1.77 bits per heavy atom. The predicted molar refractivity (Wildman–Crippen MR) is 112 cm³/mol. The van der Waals surface area contributed by atoms with Gasteiger partial charge in [-0.25, -0.2) is 18.7 Å². The highest BCUT2D eigenvalue weighted by Crippen LogP contribution is 2.18. The summed E-state index contributed by atoms with van der Waals surface area (Å²) in [6.45, 7) is 2.29. The van der Waals surface area contributed by atoms with E-state index in [2.05, 4.69) is 15.3 Å². The van der Waals surface area contributed by atoms with Crippen LogP contribution >= 0.6 is 0 Å². The highest BCUT2D eigenvalue weighted by atomic mass is 19.1. The highest BCUT2D eigenvalue weighted by molar-refractivity contribution is 5.94. The number of aromatic nitrogens is 3. The first kappa shape index (κ1) is 20.3. The Hall–Kier alpha value is -3.94. The first-order valence-corrected chi connectivity index (χ1v) is 9.65. The fourth-order valence-corrected chi connectivity index (χ4v) is 3.33. The quantitative estimate of drug-likeness (QED) is 0.534. The van der Waals surface area contributed by atoms with Crippen LogP contribution in [0.4, 0.5) is 8.78 Å². The summed E-state index contributed by atoms with van der Waals surface area (Å²) in [4.78, 5) is 34.0. The maximum Gasteiger partial charge on any atom is 0.278 e. The van der Waals surface area contributed by atoms with E-state index in [0.29, 0.717) is 34.4 Å². The Morgan fingerprint density at radius 1 is 1.06 bits per heavy atom. The lowest BCUT2D eigenvalue weighted by Gasteiger charge is -2.10. The van der Waals surface area contributed by atoms with Crippen molar-refractivity contribution in [1.29, 1.82) is 0 Å². The molecule has 0 aliphatic rings. The molecule has 0 radical (unpaired) electrons. The molecule has 0 aliphatic heterocycles. The molecule has 0 fully saturated rings. The van der Waals surface area contributed by atoms with Crippen LogP contribution < -0.4 is 10.9 Å². The Balaban J connectivity index is 1.57. The van der Waals surface area contributed by atoms with Gasteiger partial charge in [-0.1, -0.05) is 12.1 Å². The van der Waals surface area contributed by atoms with Crippen LogP contribution in [0.2, 0.25) is 0 Å². The van der Waals surface area contributed by atoms with E-state index in [0.717, 1.165) is 18.2 Å². The number of nitrogens with one attached hydrogen (secondary N) is 1. The standard InChI is InChI=1S/C23H18F2N4O2/c1-2-29-21-19(4-3-9-26-21)28-20(23(29)31)15-5-7-16(8-6-15)22(30)27-13-14-10-17(24)12-18(25)11-14/h3-12H,2,13H2,1H3,(H,27,30). The van der Waals surface area contributed by atoms with Gasteiger partial charge in [0, 0.05) is 36.5 Å². The van der Waals surface area contributed by atoms with Crippen molar-refractivity contribution >= 4 is 17.1 Å². The monoisotopic (exact) mass is 420 g/mol. The third-order valence-corrected chi connectivity index (χ3v) is 4.81. The van der Waals surface area contributed by atoms with Crippen LogP contribution in [0.3, 0.4) is 0 Å². The zero-order valence-corrected chi connectivity index (χ0v) is 16.6. The molecule has 0 saturated heterocycles. The fraction of sp³-hybridized carbons (Fsp3) is 0.130. The van der Waals surface area contributed by atoms with Gasteiger partial charge in [-0.2, -0.15) is 0 Å². The molecule has 31 heavy (non-hydrogen) atoms. The van der Waals surface area contributed by atoms with Gasteiger partial charge in [-0.05, 0) is 48.9 Å².